The zero-order valence-corrected chi connectivity index (χ0v) is 21.3. The molecule has 0 amide bonds. The second-order valence-corrected chi connectivity index (χ2v) is 9.68. The van der Waals surface area contributed by atoms with E-state index in [-0.39, 0.29) is 11.4 Å². The van der Waals surface area contributed by atoms with Gasteiger partial charge >= 0.3 is 6.18 Å². The van der Waals surface area contributed by atoms with Crippen molar-refractivity contribution in [2.24, 2.45) is 5.92 Å². The highest BCUT2D eigenvalue weighted by molar-refractivity contribution is 5.71. The van der Waals surface area contributed by atoms with Gasteiger partial charge in [-0.05, 0) is 74.2 Å². The number of rotatable bonds is 6. The van der Waals surface area contributed by atoms with Crippen molar-refractivity contribution < 1.29 is 17.6 Å². The highest BCUT2D eigenvalue weighted by atomic mass is 19.4. The quantitative estimate of drug-likeness (QED) is 0.326. The molecule has 1 atom stereocenters. The van der Waals surface area contributed by atoms with Crippen LogP contribution in [0.5, 0.6) is 0 Å². The minimum Gasteiger partial charge on any atom is -0.444 e. The molecule has 3 heterocycles. The van der Waals surface area contributed by atoms with Gasteiger partial charge in [0.2, 0.25) is 0 Å². The summed E-state index contributed by atoms with van der Waals surface area (Å²) in [6.07, 6.45) is -0.816. The van der Waals surface area contributed by atoms with Crippen LogP contribution in [0.4, 0.5) is 24.5 Å². The molecule has 38 heavy (non-hydrogen) atoms. The molecule has 0 saturated carbocycles. The molecule has 7 nitrogen and oxygen atoms in total. The number of halogens is 3. The zero-order chi connectivity index (χ0) is 27.0. The summed E-state index contributed by atoms with van der Waals surface area (Å²) < 4.78 is 48.9. The fourth-order valence-electron chi connectivity index (χ4n) is 4.85. The summed E-state index contributed by atoms with van der Waals surface area (Å²) in [5.74, 6) is 0.979. The van der Waals surface area contributed by atoms with Gasteiger partial charge in [0.1, 0.15) is 5.69 Å². The Hall–Kier alpha value is -4.08. The van der Waals surface area contributed by atoms with Gasteiger partial charge in [-0.15, -0.1) is 0 Å². The van der Waals surface area contributed by atoms with Gasteiger partial charge in [-0.1, -0.05) is 6.92 Å². The van der Waals surface area contributed by atoms with E-state index in [1.54, 1.807) is 12.3 Å². The summed E-state index contributed by atoms with van der Waals surface area (Å²) in [5, 5.41) is 7.47. The molecule has 2 aromatic heterocycles. The number of aryl methyl sites for hydroxylation is 1. The monoisotopic (exact) mass is 523 g/mol. The van der Waals surface area contributed by atoms with Crippen LogP contribution >= 0.6 is 0 Å². The average Bonchev–Trinajstić information content (AvgIpc) is 3.56. The largest absolute Gasteiger partial charge is 0.444 e. The lowest BCUT2D eigenvalue weighted by Crippen LogP contribution is -2.28. The van der Waals surface area contributed by atoms with E-state index in [9.17, 15) is 18.0 Å². The maximum absolute atomic E-state index is 14.2. The Kier molecular flexibility index (Phi) is 6.73. The normalized spacial score (nSPS) is 15.7. The number of benzene rings is 2. The van der Waals surface area contributed by atoms with Gasteiger partial charge < -0.3 is 14.6 Å². The van der Waals surface area contributed by atoms with E-state index in [0.29, 0.717) is 35.2 Å². The van der Waals surface area contributed by atoms with Gasteiger partial charge in [0.25, 0.3) is 5.56 Å². The van der Waals surface area contributed by atoms with Gasteiger partial charge in [-0.25, -0.2) is 4.98 Å². The number of oxazole rings is 1. The Morgan fingerprint density at radius 1 is 1.13 bits per heavy atom. The fraction of sp³-hybridized carbons (Fsp3) is 0.321. The van der Waals surface area contributed by atoms with Crippen molar-refractivity contribution in [3.8, 4) is 28.3 Å². The van der Waals surface area contributed by atoms with E-state index < -0.39 is 17.3 Å². The number of alkyl halides is 3. The second-order valence-electron chi connectivity index (χ2n) is 9.68. The number of hydrogen-bond acceptors (Lipinski definition) is 6. The van der Waals surface area contributed by atoms with Gasteiger partial charge in [0, 0.05) is 36.4 Å². The summed E-state index contributed by atoms with van der Waals surface area (Å²) in [6.45, 7) is 7.71. The zero-order valence-electron chi connectivity index (χ0n) is 21.3. The number of nitrogens with one attached hydrogen (secondary N) is 1. The molecule has 0 bridgehead atoms. The number of anilines is 2. The number of hydrogen-bond donors (Lipinski definition) is 1. The van der Waals surface area contributed by atoms with Crippen LogP contribution in [0.3, 0.4) is 0 Å². The first-order valence-corrected chi connectivity index (χ1v) is 12.5. The summed E-state index contributed by atoms with van der Waals surface area (Å²) in [4.78, 5) is 19.5. The summed E-state index contributed by atoms with van der Waals surface area (Å²) in [6, 6.07) is 11.1. The van der Waals surface area contributed by atoms with Crippen LogP contribution in [-0.2, 0) is 6.18 Å². The molecule has 5 rings (SSSR count). The summed E-state index contributed by atoms with van der Waals surface area (Å²) >= 11 is 0. The van der Waals surface area contributed by atoms with E-state index in [0.717, 1.165) is 41.4 Å². The topological polar surface area (TPSA) is 76.2 Å². The van der Waals surface area contributed by atoms with Crippen molar-refractivity contribution in [2.45, 2.75) is 33.4 Å². The first-order chi connectivity index (χ1) is 18.1. The number of aromatic nitrogens is 3. The summed E-state index contributed by atoms with van der Waals surface area (Å²) in [7, 11) is 0. The van der Waals surface area contributed by atoms with Crippen LogP contribution in [0.1, 0.15) is 31.4 Å². The molecular formula is C28H28F3N5O2. The third kappa shape index (κ3) is 5.03. The molecule has 1 aliphatic rings. The van der Waals surface area contributed by atoms with Crippen LogP contribution in [0, 0.1) is 12.8 Å². The lowest BCUT2D eigenvalue weighted by atomic mass is 10.0. The molecule has 198 valence electrons. The minimum absolute atomic E-state index is 0.161. The Balaban J connectivity index is 1.72. The third-order valence-electron chi connectivity index (χ3n) is 6.67. The van der Waals surface area contributed by atoms with Crippen LogP contribution in [0.2, 0.25) is 0 Å². The van der Waals surface area contributed by atoms with Gasteiger partial charge in [0.15, 0.2) is 12.2 Å². The van der Waals surface area contributed by atoms with E-state index in [2.05, 4.69) is 22.3 Å². The Morgan fingerprint density at radius 2 is 1.92 bits per heavy atom. The van der Waals surface area contributed by atoms with Gasteiger partial charge in [-0.3, -0.25) is 4.79 Å². The van der Waals surface area contributed by atoms with Gasteiger partial charge in [-0.2, -0.15) is 23.0 Å². The maximum Gasteiger partial charge on any atom is 0.418 e. The Morgan fingerprint density at radius 3 is 2.58 bits per heavy atom. The Bertz CT molecular complexity index is 1510. The molecule has 2 aromatic carbocycles. The summed E-state index contributed by atoms with van der Waals surface area (Å²) in [5.41, 5.74) is 1.51. The van der Waals surface area contributed by atoms with Crippen molar-refractivity contribution in [2.75, 3.05) is 29.9 Å². The first kappa shape index (κ1) is 25.6. The molecule has 1 saturated heterocycles. The van der Waals surface area contributed by atoms with Crippen molar-refractivity contribution >= 4 is 11.4 Å². The van der Waals surface area contributed by atoms with Crippen LogP contribution < -0.4 is 15.8 Å². The molecule has 1 unspecified atom stereocenters. The molecule has 0 aliphatic carbocycles. The SMILES string of the molecule is CCNc1cc(-c2cc(C)cc(-c3cnco3)c2)nn(-c2cc(N3CCC(C)C3)ccc2C(F)(F)F)c1=O. The van der Waals surface area contributed by atoms with E-state index in [1.807, 2.05) is 36.9 Å². The van der Waals surface area contributed by atoms with Gasteiger partial charge in [0.05, 0.1) is 23.1 Å². The molecular weight excluding hydrogens is 495 g/mol. The van der Waals surface area contributed by atoms with Crippen molar-refractivity contribution in [1.82, 2.24) is 14.8 Å². The predicted molar refractivity (Wildman–Crippen MR) is 141 cm³/mol. The molecule has 4 aromatic rings. The predicted octanol–water partition coefficient (Wildman–Crippen LogP) is 6.16. The highest BCUT2D eigenvalue weighted by Gasteiger charge is 2.35. The first-order valence-electron chi connectivity index (χ1n) is 12.5. The molecule has 1 fully saturated rings. The van der Waals surface area contributed by atoms with Crippen molar-refractivity contribution in [3.05, 3.63) is 76.5 Å². The van der Waals surface area contributed by atoms with Crippen LogP contribution in [0.15, 0.2) is 64.3 Å². The molecule has 1 N–H and O–H groups in total. The highest BCUT2D eigenvalue weighted by Crippen LogP contribution is 2.37. The average molecular weight is 524 g/mol. The minimum atomic E-state index is -4.68. The van der Waals surface area contributed by atoms with E-state index in [4.69, 9.17) is 4.42 Å². The molecule has 0 radical (unpaired) electrons. The van der Waals surface area contributed by atoms with Crippen LogP contribution in [0.25, 0.3) is 28.3 Å². The van der Waals surface area contributed by atoms with E-state index >= 15 is 0 Å². The molecule has 1 aliphatic heterocycles. The molecule has 0 spiro atoms. The third-order valence-corrected chi connectivity index (χ3v) is 6.67. The molecule has 10 heteroatoms. The lowest BCUT2D eigenvalue weighted by Gasteiger charge is -2.22. The maximum atomic E-state index is 14.2. The van der Waals surface area contributed by atoms with Crippen LogP contribution in [-0.4, -0.2) is 34.4 Å². The Labute approximate surface area is 217 Å². The van der Waals surface area contributed by atoms with Crippen molar-refractivity contribution in [1.29, 1.82) is 0 Å². The standard InChI is InChI=1S/C28H28F3N5O2/c1-4-33-24-13-23(19-9-18(3)10-20(11-19)26-14-32-16-38-26)34-36(27(24)37)25-12-21(35-8-7-17(2)15-35)5-6-22(25)28(29,30)31/h5-6,9-14,16-17,33H,4,7-8,15H2,1-3H3. The lowest BCUT2D eigenvalue weighted by molar-refractivity contribution is -0.137. The number of nitrogens with zero attached hydrogens (tertiary/aromatic N) is 4. The smallest absolute Gasteiger partial charge is 0.418 e. The van der Waals surface area contributed by atoms with Crippen molar-refractivity contribution in [3.63, 3.8) is 0 Å². The fourth-order valence-corrected chi connectivity index (χ4v) is 4.85. The van der Waals surface area contributed by atoms with E-state index in [1.165, 1.54) is 18.5 Å². The second kappa shape index (κ2) is 10.00.